The molecule has 102 valence electrons. The molecule has 0 saturated carbocycles. The minimum Gasteiger partial charge on any atom is -0.350 e. The van der Waals surface area contributed by atoms with Gasteiger partial charge in [0.1, 0.15) is 0 Å². The zero-order valence-corrected chi connectivity index (χ0v) is 11.9. The lowest BCUT2D eigenvalue weighted by Gasteiger charge is -2.16. The van der Waals surface area contributed by atoms with Gasteiger partial charge in [0.25, 0.3) is 0 Å². The first-order valence-electron chi connectivity index (χ1n) is 6.64. The van der Waals surface area contributed by atoms with Crippen molar-refractivity contribution in [3.8, 4) is 0 Å². The molecule has 0 saturated heterocycles. The number of hydrogen-bond acceptors (Lipinski definition) is 2. The predicted molar refractivity (Wildman–Crippen MR) is 74.5 cm³/mol. The lowest BCUT2D eigenvalue weighted by atomic mass is 10.2. The molecule has 1 heterocycles. The maximum absolute atomic E-state index is 11.5. The van der Waals surface area contributed by atoms with Gasteiger partial charge in [0.2, 0.25) is 5.91 Å². The van der Waals surface area contributed by atoms with Gasteiger partial charge in [-0.2, -0.15) is 0 Å². The van der Waals surface area contributed by atoms with E-state index in [9.17, 15) is 4.79 Å². The fourth-order valence-corrected chi connectivity index (χ4v) is 2.06. The van der Waals surface area contributed by atoms with Crippen LogP contribution in [0.1, 0.15) is 38.4 Å². The van der Waals surface area contributed by atoms with E-state index in [2.05, 4.69) is 42.1 Å². The van der Waals surface area contributed by atoms with E-state index in [1.807, 2.05) is 0 Å². The number of hydrogen-bond donors (Lipinski definition) is 1. The van der Waals surface area contributed by atoms with Gasteiger partial charge in [-0.05, 0) is 32.0 Å². The lowest BCUT2D eigenvalue weighted by molar-refractivity contribution is -0.128. The van der Waals surface area contributed by atoms with Crippen LogP contribution < -0.4 is 5.32 Å². The topological polar surface area (TPSA) is 37.3 Å². The predicted octanol–water partition coefficient (Wildman–Crippen LogP) is 2.03. The molecule has 4 heteroatoms. The standard InChI is InChI=1S/C14H25N3O/c1-5-15-12(2)13-8-6-10-17(13)11-7-9-14(18)16(3)4/h6,8,10,12,15H,5,7,9,11H2,1-4H3. The zero-order valence-electron chi connectivity index (χ0n) is 11.9. The number of nitrogens with one attached hydrogen (secondary N) is 1. The molecule has 1 N–H and O–H groups in total. The lowest BCUT2D eigenvalue weighted by Crippen LogP contribution is -2.22. The molecule has 1 aromatic rings. The van der Waals surface area contributed by atoms with Crippen molar-refractivity contribution in [2.45, 2.75) is 39.3 Å². The van der Waals surface area contributed by atoms with Crippen molar-refractivity contribution < 1.29 is 4.79 Å². The zero-order chi connectivity index (χ0) is 13.5. The molecule has 0 aliphatic carbocycles. The van der Waals surface area contributed by atoms with E-state index >= 15 is 0 Å². The van der Waals surface area contributed by atoms with Crippen molar-refractivity contribution in [1.82, 2.24) is 14.8 Å². The molecule has 0 radical (unpaired) electrons. The Labute approximate surface area is 110 Å². The second-order valence-corrected chi connectivity index (χ2v) is 4.80. The molecule has 1 rings (SSSR count). The number of aryl methyl sites for hydroxylation is 1. The summed E-state index contributed by atoms with van der Waals surface area (Å²) in [6, 6.07) is 4.56. The molecule has 0 aliphatic rings. The van der Waals surface area contributed by atoms with E-state index in [0.29, 0.717) is 12.5 Å². The highest BCUT2D eigenvalue weighted by Crippen LogP contribution is 2.14. The quantitative estimate of drug-likeness (QED) is 0.805. The summed E-state index contributed by atoms with van der Waals surface area (Å²) in [6.45, 7) is 6.14. The number of rotatable bonds is 7. The van der Waals surface area contributed by atoms with E-state index in [-0.39, 0.29) is 5.91 Å². The first-order chi connectivity index (χ1) is 8.56. The van der Waals surface area contributed by atoms with Crippen molar-refractivity contribution >= 4 is 5.91 Å². The Hall–Kier alpha value is -1.29. The summed E-state index contributed by atoms with van der Waals surface area (Å²) in [6.07, 6.45) is 3.58. The maximum atomic E-state index is 11.5. The molecule has 0 aromatic carbocycles. The Balaban J connectivity index is 2.48. The molecule has 0 bridgehead atoms. The molecule has 0 spiro atoms. The number of amides is 1. The molecule has 1 aromatic heterocycles. The van der Waals surface area contributed by atoms with Gasteiger partial charge < -0.3 is 14.8 Å². The minimum atomic E-state index is 0.198. The fourth-order valence-electron chi connectivity index (χ4n) is 2.06. The van der Waals surface area contributed by atoms with Crippen LogP contribution in [0.4, 0.5) is 0 Å². The van der Waals surface area contributed by atoms with Crippen LogP contribution in [0.15, 0.2) is 18.3 Å². The monoisotopic (exact) mass is 251 g/mol. The van der Waals surface area contributed by atoms with Crippen molar-refractivity contribution in [2.24, 2.45) is 0 Å². The summed E-state index contributed by atoms with van der Waals surface area (Å²) in [5.41, 5.74) is 1.29. The van der Waals surface area contributed by atoms with Crippen molar-refractivity contribution in [3.63, 3.8) is 0 Å². The van der Waals surface area contributed by atoms with Crippen LogP contribution in [0.2, 0.25) is 0 Å². The molecule has 18 heavy (non-hydrogen) atoms. The molecule has 1 amide bonds. The third-order valence-electron chi connectivity index (χ3n) is 3.11. The van der Waals surface area contributed by atoms with Crippen LogP contribution in [0.5, 0.6) is 0 Å². The Kier molecular flexibility index (Phi) is 5.92. The Morgan fingerprint density at radius 3 is 2.83 bits per heavy atom. The highest BCUT2D eigenvalue weighted by atomic mass is 16.2. The third-order valence-corrected chi connectivity index (χ3v) is 3.11. The SMILES string of the molecule is CCNC(C)c1cccn1CCCC(=O)N(C)C. The second kappa shape index (κ2) is 7.21. The van der Waals surface area contributed by atoms with E-state index in [0.717, 1.165) is 19.5 Å². The van der Waals surface area contributed by atoms with Crippen LogP contribution in [0, 0.1) is 0 Å². The van der Waals surface area contributed by atoms with E-state index < -0.39 is 0 Å². The minimum absolute atomic E-state index is 0.198. The average Bonchev–Trinajstić information content (AvgIpc) is 2.77. The van der Waals surface area contributed by atoms with Gasteiger partial charge in [-0.15, -0.1) is 0 Å². The van der Waals surface area contributed by atoms with Gasteiger partial charge in [0, 0.05) is 45.0 Å². The number of nitrogens with zero attached hydrogens (tertiary/aromatic N) is 2. The van der Waals surface area contributed by atoms with Gasteiger partial charge >= 0.3 is 0 Å². The van der Waals surface area contributed by atoms with Gasteiger partial charge in [0.05, 0.1) is 0 Å². The molecule has 1 atom stereocenters. The normalized spacial score (nSPS) is 12.4. The van der Waals surface area contributed by atoms with Crippen LogP contribution in [0.3, 0.4) is 0 Å². The molecule has 0 fully saturated rings. The number of aromatic nitrogens is 1. The van der Waals surface area contributed by atoms with E-state index in [1.165, 1.54) is 5.69 Å². The van der Waals surface area contributed by atoms with E-state index in [1.54, 1.807) is 19.0 Å². The van der Waals surface area contributed by atoms with Gasteiger partial charge in [-0.3, -0.25) is 4.79 Å². The smallest absolute Gasteiger partial charge is 0.222 e. The first kappa shape index (κ1) is 14.8. The Morgan fingerprint density at radius 1 is 1.50 bits per heavy atom. The summed E-state index contributed by atoms with van der Waals surface area (Å²) in [5.74, 6) is 0.198. The third kappa shape index (κ3) is 4.18. The van der Waals surface area contributed by atoms with Crippen molar-refractivity contribution in [1.29, 1.82) is 0 Å². The average molecular weight is 251 g/mol. The van der Waals surface area contributed by atoms with Gasteiger partial charge in [-0.25, -0.2) is 0 Å². The molecular weight excluding hydrogens is 226 g/mol. The fraction of sp³-hybridized carbons (Fsp3) is 0.643. The van der Waals surface area contributed by atoms with Crippen LogP contribution in [-0.2, 0) is 11.3 Å². The summed E-state index contributed by atoms with van der Waals surface area (Å²) < 4.78 is 2.23. The van der Waals surface area contributed by atoms with Crippen molar-refractivity contribution in [2.75, 3.05) is 20.6 Å². The summed E-state index contributed by atoms with van der Waals surface area (Å²) in [4.78, 5) is 13.1. The molecular formula is C14H25N3O. The summed E-state index contributed by atoms with van der Waals surface area (Å²) in [5, 5.41) is 3.41. The van der Waals surface area contributed by atoms with Crippen LogP contribution in [-0.4, -0.2) is 36.0 Å². The molecule has 0 aliphatic heterocycles. The maximum Gasteiger partial charge on any atom is 0.222 e. The summed E-state index contributed by atoms with van der Waals surface area (Å²) >= 11 is 0. The highest BCUT2D eigenvalue weighted by Gasteiger charge is 2.09. The molecule has 1 unspecified atom stereocenters. The molecule has 4 nitrogen and oxygen atoms in total. The largest absolute Gasteiger partial charge is 0.350 e. The Bertz CT molecular complexity index is 371. The van der Waals surface area contributed by atoms with Gasteiger partial charge in [0.15, 0.2) is 0 Å². The number of carbonyl (C=O) groups excluding carboxylic acids is 1. The Morgan fingerprint density at radius 2 is 2.22 bits per heavy atom. The van der Waals surface area contributed by atoms with Crippen LogP contribution >= 0.6 is 0 Å². The van der Waals surface area contributed by atoms with Crippen LogP contribution in [0.25, 0.3) is 0 Å². The van der Waals surface area contributed by atoms with E-state index in [4.69, 9.17) is 0 Å². The van der Waals surface area contributed by atoms with Gasteiger partial charge in [-0.1, -0.05) is 6.92 Å². The highest BCUT2D eigenvalue weighted by molar-refractivity contribution is 5.75. The number of carbonyl (C=O) groups is 1. The second-order valence-electron chi connectivity index (χ2n) is 4.80. The first-order valence-corrected chi connectivity index (χ1v) is 6.64. The van der Waals surface area contributed by atoms with Crippen molar-refractivity contribution in [3.05, 3.63) is 24.0 Å². The summed E-state index contributed by atoms with van der Waals surface area (Å²) in [7, 11) is 3.60.